The number of benzene rings is 1. The van der Waals surface area contributed by atoms with Crippen LogP contribution in [0.25, 0.3) is 0 Å². The molecule has 0 amide bonds. The number of aryl methyl sites for hydroxylation is 1. The van der Waals surface area contributed by atoms with E-state index in [-0.39, 0.29) is 0 Å². The number of nitriles is 1. The standard InChI is InChI=1S/C15H15N3/c1-12-7-9-17-15(14(12)11-16)18-10-8-13-5-3-2-4-6-13/h2-7,9H,8,10H2,1H3,(H,17,18). The van der Waals surface area contributed by atoms with Gasteiger partial charge in [-0.05, 0) is 30.5 Å². The van der Waals surface area contributed by atoms with Crippen molar-refractivity contribution in [2.45, 2.75) is 13.3 Å². The van der Waals surface area contributed by atoms with E-state index < -0.39 is 0 Å². The highest BCUT2D eigenvalue weighted by molar-refractivity contribution is 5.55. The van der Waals surface area contributed by atoms with E-state index in [0.717, 1.165) is 18.5 Å². The van der Waals surface area contributed by atoms with Crippen LogP contribution in [0, 0.1) is 18.3 Å². The zero-order valence-electron chi connectivity index (χ0n) is 10.4. The summed E-state index contributed by atoms with van der Waals surface area (Å²) in [7, 11) is 0. The molecule has 2 rings (SSSR count). The maximum atomic E-state index is 9.09. The van der Waals surface area contributed by atoms with Crippen LogP contribution in [0.1, 0.15) is 16.7 Å². The quantitative estimate of drug-likeness (QED) is 0.889. The second kappa shape index (κ2) is 5.83. The predicted octanol–water partition coefficient (Wildman–Crippen LogP) is 2.92. The minimum Gasteiger partial charge on any atom is -0.369 e. The average Bonchev–Trinajstić information content (AvgIpc) is 2.40. The highest BCUT2D eigenvalue weighted by atomic mass is 15.0. The molecule has 0 aliphatic heterocycles. The summed E-state index contributed by atoms with van der Waals surface area (Å²) in [4.78, 5) is 4.21. The topological polar surface area (TPSA) is 48.7 Å². The van der Waals surface area contributed by atoms with Crippen LogP contribution in [0.4, 0.5) is 5.82 Å². The van der Waals surface area contributed by atoms with Crippen LogP contribution >= 0.6 is 0 Å². The molecule has 90 valence electrons. The first-order chi connectivity index (χ1) is 8.81. The van der Waals surface area contributed by atoms with Crippen LogP contribution in [0.15, 0.2) is 42.6 Å². The molecule has 0 aliphatic carbocycles. The lowest BCUT2D eigenvalue weighted by molar-refractivity contribution is 1.00. The number of hydrogen-bond acceptors (Lipinski definition) is 3. The summed E-state index contributed by atoms with van der Waals surface area (Å²) in [5.41, 5.74) is 2.86. The number of aromatic nitrogens is 1. The second-order valence-corrected chi connectivity index (χ2v) is 4.13. The Kier molecular flexibility index (Phi) is 3.93. The van der Waals surface area contributed by atoms with Crippen molar-refractivity contribution in [3.05, 3.63) is 59.3 Å². The van der Waals surface area contributed by atoms with E-state index >= 15 is 0 Å². The SMILES string of the molecule is Cc1ccnc(NCCc2ccccc2)c1C#N. The van der Waals surface area contributed by atoms with Gasteiger partial charge in [-0.15, -0.1) is 0 Å². The zero-order chi connectivity index (χ0) is 12.8. The lowest BCUT2D eigenvalue weighted by Gasteiger charge is -2.08. The molecule has 0 fully saturated rings. The molecule has 0 saturated heterocycles. The van der Waals surface area contributed by atoms with E-state index in [1.165, 1.54) is 5.56 Å². The van der Waals surface area contributed by atoms with Crippen molar-refractivity contribution in [3.63, 3.8) is 0 Å². The third kappa shape index (κ3) is 2.86. The van der Waals surface area contributed by atoms with Crippen molar-refractivity contribution in [1.82, 2.24) is 4.98 Å². The third-order valence-electron chi connectivity index (χ3n) is 2.82. The van der Waals surface area contributed by atoms with E-state index in [2.05, 4.69) is 28.5 Å². The van der Waals surface area contributed by atoms with Crippen molar-refractivity contribution in [2.24, 2.45) is 0 Å². The van der Waals surface area contributed by atoms with Gasteiger partial charge in [-0.2, -0.15) is 5.26 Å². The summed E-state index contributed by atoms with van der Waals surface area (Å²) >= 11 is 0. The largest absolute Gasteiger partial charge is 0.369 e. The Morgan fingerprint density at radius 2 is 2.00 bits per heavy atom. The normalized spacial score (nSPS) is 9.78. The maximum Gasteiger partial charge on any atom is 0.144 e. The second-order valence-electron chi connectivity index (χ2n) is 4.13. The fraction of sp³-hybridized carbons (Fsp3) is 0.200. The minimum absolute atomic E-state index is 0.630. The van der Waals surface area contributed by atoms with Crippen molar-refractivity contribution < 1.29 is 0 Å². The summed E-state index contributed by atoms with van der Waals surface area (Å²) in [6, 6.07) is 14.3. The molecule has 0 spiro atoms. The molecule has 0 unspecified atom stereocenters. The van der Waals surface area contributed by atoms with Crippen LogP contribution < -0.4 is 5.32 Å². The van der Waals surface area contributed by atoms with Gasteiger partial charge in [0, 0.05) is 12.7 Å². The molecular weight excluding hydrogens is 222 g/mol. The van der Waals surface area contributed by atoms with Crippen molar-refractivity contribution in [3.8, 4) is 6.07 Å². The number of pyridine rings is 1. The Bertz CT molecular complexity index is 556. The Hall–Kier alpha value is -2.34. The predicted molar refractivity (Wildman–Crippen MR) is 72.3 cm³/mol. The van der Waals surface area contributed by atoms with Crippen molar-refractivity contribution >= 4 is 5.82 Å². The fourth-order valence-corrected chi connectivity index (χ4v) is 1.80. The van der Waals surface area contributed by atoms with Gasteiger partial charge in [0.15, 0.2) is 0 Å². The van der Waals surface area contributed by atoms with E-state index in [1.54, 1.807) is 6.20 Å². The lowest BCUT2D eigenvalue weighted by Crippen LogP contribution is -2.08. The van der Waals surface area contributed by atoms with Gasteiger partial charge in [0.25, 0.3) is 0 Å². The van der Waals surface area contributed by atoms with Gasteiger partial charge in [-0.1, -0.05) is 30.3 Å². The number of nitrogens with zero attached hydrogens (tertiary/aromatic N) is 2. The molecule has 3 heteroatoms. The summed E-state index contributed by atoms with van der Waals surface area (Å²) < 4.78 is 0. The number of rotatable bonds is 4. The molecular formula is C15H15N3. The number of anilines is 1. The molecule has 0 aliphatic rings. The zero-order valence-corrected chi connectivity index (χ0v) is 10.4. The molecule has 0 bridgehead atoms. The van der Waals surface area contributed by atoms with Gasteiger partial charge in [-0.3, -0.25) is 0 Å². The Morgan fingerprint density at radius 3 is 2.72 bits per heavy atom. The Morgan fingerprint density at radius 1 is 1.22 bits per heavy atom. The molecule has 0 radical (unpaired) electrons. The smallest absolute Gasteiger partial charge is 0.144 e. The molecule has 2 aromatic rings. The molecule has 1 aromatic heterocycles. The van der Waals surface area contributed by atoms with E-state index in [1.807, 2.05) is 31.2 Å². The fourth-order valence-electron chi connectivity index (χ4n) is 1.80. The average molecular weight is 237 g/mol. The van der Waals surface area contributed by atoms with Gasteiger partial charge >= 0.3 is 0 Å². The number of nitrogens with one attached hydrogen (secondary N) is 1. The minimum atomic E-state index is 0.630. The van der Waals surface area contributed by atoms with Gasteiger partial charge in [0.2, 0.25) is 0 Å². The lowest BCUT2D eigenvalue weighted by atomic mass is 10.1. The molecule has 1 heterocycles. The Labute approximate surface area is 107 Å². The van der Waals surface area contributed by atoms with Crippen molar-refractivity contribution in [1.29, 1.82) is 5.26 Å². The molecule has 1 N–H and O–H groups in total. The molecule has 0 saturated carbocycles. The van der Waals surface area contributed by atoms with E-state index in [0.29, 0.717) is 11.4 Å². The van der Waals surface area contributed by atoms with Gasteiger partial charge in [0.1, 0.15) is 11.9 Å². The van der Waals surface area contributed by atoms with Crippen LogP contribution in [0.3, 0.4) is 0 Å². The summed E-state index contributed by atoms with van der Waals surface area (Å²) in [5, 5.41) is 12.3. The van der Waals surface area contributed by atoms with Gasteiger partial charge < -0.3 is 5.32 Å². The summed E-state index contributed by atoms with van der Waals surface area (Å²) in [6.07, 6.45) is 2.64. The highest BCUT2D eigenvalue weighted by Crippen LogP contribution is 2.14. The monoisotopic (exact) mass is 237 g/mol. The summed E-state index contributed by atoms with van der Waals surface area (Å²) in [5.74, 6) is 0.674. The van der Waals surface area contributed by atoms with Gasteiger partial charge in [0.05, 0.1) is 5.56 Å². The van der Waals surface area contributed by atoms with E-state index in [9.17, 15) is 0 Å². The third-order valence-corrected chi connectivity index (χ3v) is 2.82. The highest BCUT2D eigenvalue weighted by Gasteiger charge is 2.05. The van der Waals surface area contributed by atoms with Gasteiger partial charge in [-0.25, -0.2) is 4.98 Å². The van der Waals surface area contributed by atoms with Crippen LogP contribution in [-0.2, 0) is 6.42 Å². The molecule has 18 heavy (non-hydrogen) atoms. The van der Waals surface area contributed by atoms with Crippen LogP contribution in [0.5, 0.6) is 0 Å². The first-order valence-corrected chi connectivity index (χ1v) is 5.95. The maximum absolute atomic E-state index is 9.09. The van der Waals surface area contributed by atoms with Crippen LogP contribution in [-0.4, -0.2) is 11.5 Å². The molecule has 3 nitrogen and oxygen atoms in total. The summed E-state index contributed by atoms with van der Waals surface area (Å²) in [6.45, 7) is 2.69. The molecule has 0 atom stereocenters. The van der Waals surface area contributed by atoms with E-state index in [4.69, 9.17) is 5.26 Å². The number of hydrogen-bond donors (Lipinski definition) is 1. The first kappa shape index (κ1) is 12.1. The van der Waals surface area contributed by atoms with Crippen LogP contribution in [0.2, 0.25) is 0 Å². The molecule has 1 aromatic carbocycles. The Balaban J connectivity index is 1.99. The first-order valence-electron chi connectivity index (χ1n) is 5.95. The van der Waals surface area contributed by atoms with Crippen molar-refractivity contribution in [2.75, 3.05) is 11.9 Å².